The molecule has 1 saturated heterocycles. The van der Waals surface area contributed by atoms with E-state index in [1.165, 1.54) is 16.6 Å². The SMILES string of the molecule is Cc1c(CCC(=O)N2CCN(c3ccc(F)cc3)CC2)c(=O)n2nc(-c3ccc(Cl)cc3)nc2n1C. The van der Waals surface area contributed by atoms with Crippen molar-refractivity contribution in [2.45, 2.75) is 19.8 Å². The third-order valence-corrected chi connectivity index (χ3v) is 7.05. The summed E-state index contributed by atoms with van der Waals surface area (Å²) in [5.74, 6) is 0.621. The van der Waals surface area contributed by atoms with Crippen LogP contribution in [0.1, 0.15) is 17.7 Å². The van der Waals surface area contributed by atoms with Gasteiger partial charge in [-0.05, 0) is 61.9 Å². The highest BCUT2D eigenvalue weighted by Gasteiger charge is 2.23. The minimum absolute atomic E-state index is 0.00995. The first kappa shape index (κ1) is 24.0. The van der Waals surface area contributed by atoms with Crippen molar-refractivity contribution in [1.29, 1.82) is 0 Å². The molecule has 0 unspecified atom stereocenters. The van der Waals surface area contributed by atoms with Crippen LogP contribution in [0.5, 0.6) is 0 Å². The summed E-state index contributed by atoms with van der Waals surface area (Å²) in [7, 11) is 1.84. The predicted octanol–water partition coefficient (Wildman–Crippen LogP) is 3.48. The maximum atomic E-state index is 13.3. The number of hydrogen-bond acceptors (Lipinski definition) is 5. The maximum absolute atomic E-state index is 13.3. The summed E-state index contributed by atoms with van der Waals surface area (Å²) in [5, 5.41) is 5.05. The average Bonchev–Trinajstić information content (AvgIpc) is 3.34. The third-order valence-electron chi connectivity index (χ3n) is 6.80. The van der Waals surface area contributed by atoms with Gasteiger partial charge < -0.3 is 14.4 Å². The molecule has 2 aromatic heterocycles. The van der Waals surface area contributed by atoms with Crippen molar-refractivity contribution < 1.29 is 9.18 Å². The summed E-state index contributed by atoms with van der Waals surface area (Å²) in [6, 6.07) is 13.5. The molecule has 0 spiro atoms. The van der Waals surface area contributed by atoms with Gasteiger partial charge in [0.05, 0.1) is 0 Å². The highest BCUT2D eigenvalue weighted by Crippen LogP contribution is 2.20. The zero-order valence-corrected chi connectivity index (χ0v) is 20.9. The minimum atomic E-state index is -0.265. The zero-order chi connectivity index (χ0) is 25.4. The summed E-state index contributed by atoms with van der Waals surface area (Å²) < 4.78 is 16.3. The maximum Gasteiger partial charge on any atom is 0.279 e. The van der Waals surface area contributed by atoms with Gasteiger partial charge in [-0.15, -0.1) is 5.10 Å². The Morgan fingerprint density at radius 2 is 1.69 bits per heavy atom. The molecule has 36 heavy (non-hydrogen) atoms. The minimum Gasteiger partial charge on any atom is -0.368 e. The Bertz CT molecular complexity index is 1470. The van der Waals surface area contributed by atoms with E-state index in [2.05, 4.69) is 15.0 Å². The quantitative estimate of drug-likeness (QED) is 0.412. The summed E-state index contributed by atoms with van der Waals surface area (Å²) in [5.41, 5.74) is 2.76. The van der Waals surface area contributed by atoms with Gasteiger partial charge in [-0.1, -0.05) is 11.6 Å². The lowest BCUT2D eigenvalue weighted by molar-refractivity contribution is -0.131. The van der Waals surface area contributed by atoms with Gasteiger partial charge in [-0.3, -0.25) is 9.59 Å². The number of benzene rings is 2. The predicted molar refractivity (Wildman–Crippen MR) is 137 cm³/mol. The van der Waals surface area contributed by atoms with Gasteiger partial charge in [0.15, 0.2) is 5.82 Å². The largest absolute Gasteiger partial charge is 0.368 e. The summed E-state index contributed by atoms with van der Waals surface area (Å²) in [4.78, 5) is 34.7. The van der Waals surface area contributed by atoms with Crippen LogP contribution in [-0.2, 0) is 18.3 Å². The molecule has 0 N–H and O–H groups in total. The van der Waals surface area contributed by atoms with E-state index in [-0.39, 0.29) is 23.7 Å². The van der Waals surface area contributed by atoms with E-state index in [4.69, 9.17) is 11.6 Å². The number of rotatable bonds is 5. The molecule has 186 valence electrons. The Kier molecular flexibility index (Phi) is 6.49. The Hall–Kier alpha value is -3.72. The molecule has 4 aromatic rings. The lowest BCUT2D eigenvalue weighted by Crippen LogP contribution is -2.49. The van der Waals surface area contributed by atoms with E-state index in [1.807, 2.05) is 35.6 Å². The van der Waals surface area contributed by atoms with Crippen molar-refractivity contribution in [3.63, 3.8) is 0 Å². The van der Waals surface area contributed by atoms with Gasteiger partial charge in [0, 0.05) is 67.2 Å². The lowest BCUT2D eigenvalue weighted by atomic mass is 10.1. The van der Waals surface area contributed by atoms with E-state index in [0.29, 0.717) is 54.8 Å². The fraction of sp³-hybridized carbons (Fsp3) is 0.308. The fourth-order valence-corrected chi connectivity index (χ4v) is 4.68. The van der Waals surface area contributed by atoms with Crippen molar-refractivity contribution in [3.8, 4) is 11.4 Å². The molecule has 1 aliphatic heterocycles. The number of nitrogens with zero attached hydrogens (tertiary/aromatic N) is 6. The van der Waals surface area contributed by atoms with Crippen molar-refractivity contribution in [2.24, 2.45) is 7.05 Å². The molecule has 2 aromatic carbocycles. The number of amides is 1. The second kappa shape index (κ2) is 9.73. The van der Waals surface area contributed by atoms with Crippen LogP contribution in [0, 0.1) is 12.7 Å². The smallest absolute Gasteiger partial charge is 0.279 e. The molecule has 1 fully saturated rings. The Morgan fingerprint density at radius 3 is 2.36 bits per heavy atom. The first-order valence-corrected chi connectivity index (χ1v) is 12.2. The van der Waals surface area contributed by atoms with E-state index in [1.54, 1.807) is 24.3 Å². The first-order valence-electron chi connectivity index (χ1n) is 11.8. The van der Waals surface area contributed by atoms with Gasteiger partial charge in [0.25, 0.3) is 5.56 Å². The van der Waals surface area contributed by atoms with E-state index in [0.717, 1.165) is 16.9 Å². The third kappa shape index (κ3) is 4.58. The molecule has 10 heteroatoms. The number of piperazine rings is 1. The van der Waals surface area contributed by atoms with Crippen molar-refractivity contribution in [3.05, 3.63) is 81.0 Å². The number of halogens is 2. The lowest BCUT2D eigenvalue weighted by Gasteiger charge is -2.36. The molecule has 3 heterocycles. The molecule has 0 atom stereocenters. The Balaban J connectivity index is 1.29. The van der Waals surface area contributed by atoms with Crippen LogP contribution in [0.15, 0.2) is 53.3 Å². The van der Waals surface area contributed by atoms with Gasteiger partial charge in [0.2, 0.25) is 11.7 Å². The summed E-state index contributed by atoms with van der Waals surface area (Å²) in [6.45, 7) is 4.38. The number of anilines is 1. The topological polar surface area (TPSA) is 75.7 Å². The van der Waals surface area contributed by atoms with Crippen molar-refractivity contribution >= 4 is 29.0 Å². The molecule has 5 rings (SSSR count). The van der Waals surface area contributed by atoms with Crippen LogP contribution >= 0.6 is 11.6 Å². The van der Waals surface area contributed by atoms with Crippen LogP contribution in [0.25, 0.3) is 17.2 Å². The molecule has 0 saturated carbocycles. The molecule has 1 amide bonds. The second-order valence-electron chi connectivity index (χ2n) is 8.93. The Labute approximate surface area is 212 Å². The molecule has 8 nitrogen and oxygen atoms in total. The number of aromatic nitrogens is 4. The standard InChI is InChI=1S/C26H26ClFN6O2/c1-17-22(11-12-23(35)33-15-13-32(14-16-33)21-9-7-20(28)8-10-21)25(36)34-26(31(17)2)29-24(30-34)18-3-5-19(27)6-4-18/h3-10H,11-16H2,1-2H3. The van der Waals surface area contributed by atoms with Crippen molar-refractivity contribution in [2.75, 3.05) is 31.1 Å². The molecular formula is C26H26ClFN6O2. The van der Waals surface area contributed by atoms with E-state index in [9.17, 15) is 14.0 Å². The summed E-state index contributed by atoms with van der Waals surface area (Å²) >= 11 is 5.98. The first-order chi connectivity index (χ1) is 17.3. The molecule has 0 aliphatic carbocycles. The summed E-state index contributed by atoms with van der Waals surface area (Å²) in [6.07, 6.45) is 0.554. The monoisotopic (exact) mass is 508 g/mol. The van der Waals surface area contributed by atoms with Gasteiger partial charge >= 0.3 is 0 Å². The number of hydrogen-bond donors (Lipinski definition) is 0. The van der Waals surface area contributed by atoms with Crippen LogP contribution < -0.4 is 10.5 Å². The van der Waals surface area contributed by atoms with Crippen LogP contribution in [0.3, 0.4) is 0 Å². The Morgan fingerprint density at radius 1 is 1.03 bits per heavy atom. The highest BCUT2D eigenvalue weighted by molar-refractivity contribution is 6.30. The molecular weight excluding hydrogens is 483 g/mol. The van der Waals surface area contributed by atoms with Gasteiger partial charge in [-0.25, -0.2) is 4.39 Å². The number of fused-ring (bicyclic) bond motifs is 1. The van der Waals surface area contributed by atoms with Crippen LogP contribution in [0.4, 0.5) is 10.1 Å². The van der Waals surface area contributed by atoms with Gasteiger partial charge in [-0.2, -0.15) is 9.50 Å². The highest BCUT2D eigenvalue weighted by atomic mass is 35.5. The number of carbonyl (C=O) groups excluding carboxylic acids is 1. The van der Waals surface area contributed by atoms with Gasteiger partial charge in [0.1, 0.15) is 5.82 Å². The fourth-order valence-electron chi connectivity index (χ4n) is 4.56. The average molecular weight is 509 g/mol. The van der Waals surface area contributed by atoms with E-state index < -0.39 is 0 Å². The molecule has 1 aliphatic rings. The normalized spacial score (nSPS) is 14.0. The van der Waals surface area contributed by atoms with Crippen LogP contribution in [0.2, 0.25) is 5.02 Å². The number of carbonyl (C=O) groups is 1. The molecule has 0 bridgehead atoms. The number of aryl methyl sites for hydroxylation is 1. The van der Waals surface area contributed by atoms with E-state index >= 15 is 0 Å². The zero-order valence-electron chi connectivity index (χ0n) is 20.1. The van der Waals surface area contributed by atoms with Crippen LogP contribution in [-0.4, -0.2) is 56.2 Å². The molecule has 0 radical (unpaired) electrons. The second-order valence-corrected chi connectivity index (χ2v) is 9.36. The van der Waals surface area contributed by atoms with Crippen molar-refractivity contribution in [1.82, 2.24) is 24.1 Å².